The first-order chi connectivity index (χ1) is 13.8. The molecule has 5 aromatic rings. The molecule has 0 amide bonds. The summed E-state index contributed by atoms with van der Waals surface area (Å²) in [6.45, 7) is 1.38. The summed E-state index contributed by atoms with van der Waals surface area (Å²) in [5, 5.41) is 1.76. The average Bonchev–Trinajstić information content (AvgIpc) is 3.04. The number of hydrogen-bond acceptors (Lipinski definition) is 3. The summed E-state index contributed by atoms with van der Waals surface area (Å²) in [6, 6.07) is 23.9. The fourth-order valence-corrected chi connectivity index (χ4v) is 3.77. The maximum absolute atomic E-state index is 6.17. The fraction of sp³-hybridized carbons (Fsp3) is 0.130. The molecule has 0 unspecified atom stereocenters. The molecule has 0 radical (unpaired) electrons. The quantitative estimate of drug-likeness (QED) is 0.354. The van der Waals surface area contributed by atoms with E-state index >= 15 is 0 Å². The SMILES string of the molecule is Clc1ccccc1OCCCn1c2ccccc2c2nc3ccccc3nc21. The van der Waals surface area contributed by atoms with Crippen molar-refractivity contribution in [3.05, 3.63) is 77.8 Å². The lowest BCUT2D eigenvalue weighted by Crippen LogP contribution is -2.05. The summed E-state index contributed by atoms with van der Waals surface area (Å²) in [7, 11) is 0. The van der Waals surface area contributed by atoms with Gasteiger partial charge in [0, 0.05) is 11.9 Å². The summed E-state index contributed by atoms with van der Waals surface area (Å²) < 4.78 is 8.08. The highest BCUT2D eigenvalue weighted by Gasteiger charge is 2.14. The van der Waals surface area contributed by atoms with Crippen LogP contribution in [0, 0.1) is 0 Å². The van der Waals surface area contributed by atoms with Crippen molar-refractivity contribution in [1.29, 1.82) is 0 Å². The summed E-state index contributed by atoms with van der Waals surface area (Å²) in [5.41, 5.74) is 4.83. The first-order valence-corrected chi connectivity index (χ1v) is 9.70. The smallest absolute Gasteiger partial charge is 0.160 e. The Kier molecular flexibility index (Phi) is 4.34. The second-order valence-corrected chi connectivity index (χ2v) is 7.09. The molecule has 0 atom stereocenters. The number of aromatic nitrogens is 3. The monoisotopic (exact) mass is 387 g/mol. The van der Waals surface area contributed by atoms with E-state index < -0.39 is 0 Å². The minimum Gasteiger partial charge on any atom is -0.492 e. The number of nitrogens with zero attached hydrogens (tertiary/aromatic N) is 3. The number of benzene rings is 3. The predicted molar refractivity (Wildman–Crippen MR) is 114 cm³/mol. The first-order valence-electron chi connectivity index (χ1n) is 9.32. The topological polar surface area (TPSA) is 39.9 Å². The van der Waals surface area contributed by atoms with Crippen molar-refractivity contribution in [2.45, 2.75) is 13.0 Å². The van der Waals surface area contributed by atoms with Crippen molar-refractivity contribution >= 4 is 44.7 Å². The highest BCUT2D eigenvalue weighted by molar-refractivity contribution is 6.32. The van der Waals surface area contributed by atoms with Gasteiger partial charge in [0.05, 0.1) is 28.2 Å². The van der Waals surface area contributed by atoms with Crippen LogP contribution >= 0.6 is 11.6 Å². The summed E-state index contributed by atoms with van der Waals surface area (Å²) in [4.78, 5) is 9.79. The second-order valence-electron chi connectivity index (χ2n) is 6.69. The lowest BCUT2D eigenvalue weighted by Gasteiger charge is -2.10. The van der Waals surface area contributed by atoms with Crippen LogP contribution in [0.2, 0.25) is 5.02 Å². The number of fused-ring (bicyclic) bond motifs is 4. The van der Waals surface area contributed by atoms with Gasteiger partial charge in [0.15, 0.2) is 5.65 Å². The average molecular weight is 388 g/mol. The van der Waals surface area contributed by atoms with E-state index in [1.54, 1.807) is 0 Å². The molecule has 0 saturated carbocycles. The van der Waals surface area contributed by atoms with E-state index in [1.807, 2.05) is 54.6 Å². The molecular formula is C23H18ClN3O. The standard InChI is InChI=1S/C23H18ClN3O/c24-17-9-2-6-13-21(17)28-15-7-14-27-20-12-5-1-8-16(20)22-23(27)26-19-11-4-3-10-18(19)25-22/h1-6,8-13H,7,14-15H2. The van der Waals surface area contributed by atoms with Gasteiger partial charge in [0.2, 0.25) is 0 Å². The van der Waals surface area contributed by atoms with E-state index in [2.05, 4.69) is 22.8 Å². The van der Waals surface area contributed by atoms with Crippen molar-refractivity contribution < 1.29 is 4.74 Å². The molecule has 5 heteroatoms. The molecule has 0 saturated heterocycles. The van der Waals surface area contributed by atoms with Crippen LogP contribution in [0.4, 0.5) is 0 Å². The Morgan fingerprint density at radius 3 is 2.39 bits per heavy atom. The highest BCUT2D eigenvalue weighted by Crippen LogP contribution is 2.28. The Balaban J connectivity index is 1.49. The number of halogens is 1. The molecular weight excluding hydrogens is 370 g/mol. The van der Waals surface area contributed by atoms with E-state index in [1.165, 1.54) is 0 Å². The fourth-order valence-electron chi connectivity index (χ4n) is 3.58. The second kappa shape index (κ2) is 7.13. The van der Waals surface area contributed by atoms with Crippen molar-refractivity contribution in [1.82, 2.24) is 14.5 Å². The number of aryl methyl sites for hydroxylation is 1. The van der Waals surface area contributed by atoms with Gasteiger partial charge >= 0.3 is 0 Å². The highest BCUT2D eigenvalue weighted by atomic mass is 35.5. The van der Waals surface area contributed by atoms with Crippen LogP contribution < -0.4 is 4.74 Å². The predicted octanol–water partition coefficient (Wildman–Crippen LogP) is 5.86. The largest absolute Gasteiger partial charge is 0.492 e. The Bertz CT molecular complexity index is 1300. The zero-order valence-electron chi connectivity index (χ0n) is 15.2. The first kappa shape index (κ1) is 17.0. The number of ether oxygens (including phenoxy) is 1. The van der Waals surface area contributed by atoms with E-state index in [4.69, 9.17) is 26.3 Å². The molecule has 2 heterocycles. The summed E-state index contributed by atoms with van der Waals surface area (Å²) in [6.07, 6.45) is 0.841. The normalized spacial score (nSPS) is 11.5. The van der Waals surface area contributed by atoms with Gasteiger partial charge in [-0.3, -0.25) is 0 Å². The molecule has 0 N–H and O–H groups in total. The van der Waals surface area contributed by atoms with Gasteiger partial charge in [0.25, 0.3) is 0 Å². The molecule has 3 aromatic carbocycles. The van der Waals surface area contributed by atoms with Gasteiger partial charge in [-0.2, -0.15) is 0 Å². The summed E-state index contributed by atoms with van der Waals surface area (Å²) >= 11 is 6.17. The van der Waals surface area contributed by atoms with Gasteiger partial charge in [-0.05, 0) is 36.8 Å². The van der Waals surface area contributed by atoms with Crippen molar-refractivity contribution in [3.8, 4) is 5.75 Å². The van der Waals surface area contributed by atoms with Gasteiger partial charge in [-0.1, -0.05) is 54.1 Å². The van der Waals surface area contributed by atoms with Gasteiger partial charge in [-0.15, -0.1) is 0 Å². The molecule has 0 aliphatic heterocycles. The third-order valence-corrected chi connectivity index (χ3v) is 5.19. The van der Waals surface area contributed by atoms with Crippen molar-refractivity contribution in [2.24, 2.45) is 0 Å². The van der Waals surface area contributed by atoms with Crippen LogP contribution in [0.1, 0.15) is 6.42 Å². The van der Waals surface area contributed by atoms with Crippen LogP contribution in [0.5, 0.6) is 5.75 Å². The van der Waals surface area contributed by atoms with Crippen LogP contribution in [-0.2, 0) is 6.54 Å². The Hall–Kier alpha value is -3.11. The molecule has 2 aromatic heterocycles. The van der Waals surface area contributed by atoms with E-state index in [-0.39, 0.29) is 0 Å². The molecule has 5 rings (SSSR count). The van der Waals surface area contributed by atoms with Crippen LogP contribution in [0.15, 0.2) is 72.8 Å². The molecule has 0 spiro atoms. The van der Waals surface area contributed by atoms with Crippen molar-refractivity contribution in [3.63, 3.8) is 0 Å². The Morgan fingerprint density at radius 1 is 0.821 bits per heavy atom. The van der Waals surface area contributed by atoms with Gasteiger partial charge < -0.3 is 9.30 Å². The molecule has 0 aliphatic carbocycles. The Morgan fingerprint density at radius 2 is 1.54 bits per heavy atom. The zero-order valence-corrected chi connectivity index (χ0v) is 15.9. The minimum absolute atomic E-state index is 0.582. The Labute approximate surface area is 167 Å². The lowest BCUT2D eigenvalue weighted by molar-refractivity contribution is 0.303. The molecule has 138 valence electrons. The maximum Gasteiger partial charge on any atom is 0.160 e. The number of hydrogen-bond donors (Lipinski definition) is 0. The van der Waals surface area contributed by atoms with Crippen molar-refractivity contribution in [2.75, 3.05) is 6.61 Å². The molecule has 0 aliphatic rings. The summed E-state index contributed by atoms with van der Waals surface area (Å²) in [5.74, 6) is 0.720. The third-order valence-electron chi connectivity index (χ3n) is 4.88. The number of rotatable bonds is 5. The zero-order chi connectivity index (χ0) is 18.9. The number of para-hydroxylation sites is 4. The lowest BCUT2D eigenvalue weighted by atomic mass is 10.2. The molecule has 4 nitrogen and oxygen atoms in total. The van der Waals surface area contributed by atoms with Crippen LogP contribution in [-0.4, -0.2) is 21.1 Å². The maximum atomic E-state index is 6.17. The van der Waals surface area contributed by atoms with E-state index in [9.17, 15) is 0 Å². The van der Waals surface area contributed by atoms with Gasteiger partial charge in [-0.25, -0.2) is 9.97 Å². The minimum atomic E-state index is 0.582. The third kappa shape index (κ3) is 2.96. The van der Waals surface area contributed by atoms with Crippen LogP contribution in [0.3, 0.4) is 0 Å². The van der Waals surface area contributed by atoms with Gasteiger partial charge in [0.1, 0.15) is 11.3 Å². The molecule has 0 bridgehead atoms. The molecule has 28 heavy (non-hydrogen) atoms. The van der Waals surface area contributed by atoms with Crippen LogP contribution in [0.25, 0.3) is 33.1 Å². The molecule has 0 fully saturated rings. The van der Waals surface area contributed by atoms with E-state index in [0.29, 0.717) is 11.6 Å². The van der Waals surface area contributed by atoms with E-state index in [0.717, 1.165) is 51.8 Å².